The van der Waals surface area contributed by atoms with Crippen molar-refractivity contribution in [2.75, 3.05) is 26.8 Å². The van der Waals surface area contributed by atoms with Crippen molar-refractivity contribution in [2.24, 2.45) is 0 Å². The molecule has 4 rings (SSSR count). The molecule has 1 amide bonds. The summed E-state index contributed by atoms with van der Waals surface area (Å²) in [5.41, 5.74) is 6.25. The number of hydrogen-bond acceptors (Lipinski definition) is 5. The molecule has 2 N–H and O–H groups in total. The first-order chi connectivity index (χ1) is 17.9. The summed E-state index contributed by atoms with van der Waals surface area (Å²) in [6, 6.07) is 20.7. The lowest BCUT2D eigenvalue weighted by Gasteiger charge is -2.21. The normalized spacial score (nSPS) is 13.1. The predicted molar refractivity (Wildman–Crippen MR) is 143 cm³/mol. The zero-order valence-corrected chi connectivity index (χ0v) is 21.6. The maximum absolute atomic E-state index is 12.7. The summed E-state index contributed by atoms with van der Waals surface area (Å²) in [5, 5.41) is 12.4. The maximum Gasteiger partial charge on any atom is 0.407 e. The maximum atomic E-state index is 12.7. The highest BCUT2D eigenvalue weighted by Gasteiger charge is 2.30. The molecule has 37 heavy (non-hydrogen) atoms. The number of carbonyl (C=O) groups is 2. The van der Waals surface area contributed by atoms with Crippen molar-refractivity contribution in [1.82, 2.24) is 10.2 Å². The summed E-state index contributed by atoms with van der Waals surface area (Å²) in [6.45, 7) is 6.80. The molecule has 3 aromatic rings. The number of nitrogens with zero attached hydrogens (tertiary/aromatic N) is 1. The van der Waals surface area contributed by atoms with Gasteiger partial charge in [-0.2, -0.15) is 0 Å². The van der Waals surface area contributed by atoms with Gasteiger partial charge in [0, 0.05) is 24.4 Å². The van der Waals surface area contributed by atoms with Gasteiger partial charge >= 0.3 is 12.1 Å². The number of hydrogen-bond donors (Lipinski definition) is 2. The summed E-state index contributed by atoms with van der Waals surface area (Å²) in [7, 11) is 1.62. The van der Waals surface area contributed by atoms with E-state index in [0.717, 1.165) is 52.2 Å². The second-order valence-corrected chi connectivity index (χ2v) is 9.17. The van der Waals surface area contributed by atoms with Crippen molar-refractivity contribution in [2.45, 2.75) is 38.8 Å². The van der Waals surface area contributed by atoms with Gasteiger partial charge in [0.2, 0.25) is 0 Å². The molecule has 0 fully saturated rings. The first-order valence-corrected chi connectivity index (χ1v) is 12.7. The number of carboxylic acid groups (broad SMARTS) is 1. The summed E-state index contributed by atoms with van der Waals surface area (Å²) in [6.07, 6.45) is -0.611. The van der Waals surface area contributed by atoms with Crippen LogP contribution >= 0.6 is 0 Å². The van der Waals surface area contributed by atoms with Crippen LogP contribution < -0.4 is 10.1 Å². The molecule has 7 nitrogen and oxygen atoms in total. The molecular formula is C30H34N2O5. The predicted octanol–water partition coefficient (Wildman–Crippen LogP) is 5.07. The molecule has 1 aliphatic rings. The Morgan fingerprint density at radius 2 is 1.59 bits per heavy atom. The van der Waals surface area contributed by atoms with Gasteiger partial charge in [0.25, 0.3) is 0 Å². The number of carboxylic acids is 1. The number of methoxy groups -OCH3 is 1. The number of alkyl carbamates (subject to hydrolysis) is 1. The molecule has 194 valence electrons. The summed E-state index contributed by atoms with van der Waals surface area (Å²) < 4.78 is 11.1. The fourth-order valence-corrected chi connectivity index (χ4v) is 4.99. The quantitative estimate of drug-likeness (QED) is 0.381. The van der Waals surface area contributed by atoms with E-state index < -0.39 is 18.1 Å². The van der Waals surface area contributed by atoms with E-state index in [1.165, 1.54) is 0 Å². The highest BCUT2D eigenvalue weighted by molar-refractivity contribution is 5.81. The van der Waals surface area contributed by atoms with E-state index in [1.807, 2.05) is 54.6 Å². The van der Waals surface area contributed by atoms with Crippen molar-refractivity contribution in [1.29, 1.82) is 0 Å². The van der Waals surface area contributed by atoms with Crippen LogP contribution in [0.4, 0.5) is 4.79 Å². The Balaban J connectivity index is 1.43. The van der Waals surface area contributed by atoms with Gasteiger partial charge in [0.05, 0.1) is 7.11 Å². The van der Waals surface area contributed by atoms with E-state index in [4.69, 9.17) is 9.47 Å². The van der Waals surface area contributed by atoms with Crippen molar-refractivity contribution in [3.8, 4) is 16.9 Å². The van der Waals surface area contributed by atoms with Crippen LogP contribution in [0.15, 0.2) is 66.7 Å². The molecule has 7 heteroatoms. The first-order valence-electron chi connectivity index (χ1n) is 12.7. The Hall–Kier alpha value is -3.84. The standard InChI is InChI=1S/C30H34N2O5/c1-4-32(5-2)18-21-16-20(14-15-28(21)36-3)17-27(29(33)34)31-30(35)37-19-26-24-12-8-6-10-22(24)23-11-7-9-13-25(23)26/h6-16,26-27H,4-5,17-19H2,1-3H3,(H,31,35)(H,33,34). The van der Waals surface area contributed by atoms with E-state index in [2.05, 4.69) is 36.2 Å². The first kappa shape index (κ1) is 26.2. The van der Waals surface area contributed by atoms with Crippen molar-refractivity contribution in [3.05, 3.63) is 89.0 Å². The number of rotatable bonds is 11. The van der Waals surface area contributed by atoms with Gasteiger partial charge in [0.1, 0.15) is 18.4 Å². The van der Waals surface area contributed by atoms with Crippen LogP contribution in [-0.2, 0) is 22.5 Å². The molecule has 3 aromatic carbocycles. The van der Waals surface area contributed by atoms with Crippen LogP contribution in [0.5, 0.6) is 5.75 Å². The molecule has 0 saturated heterocycles. The summed E-state index contributed by atoms with van der Waals surface area (Å²) >= 11 is 0. The molecule has 1 aliphatic carbocycles. The zero-order valence-electron chi connectivity index (χ0n) is 21.6. The molecule has 0 aliphatic heterocycles. The molecule has 0 bridgehead atoms. The van der Waals surface area contributed by atoms with E-state index in [9.17, 15) is 14.7 Å². The molecule has 0 aromatic heterocycles. The van der Waals surface area contributed by atoms with Gasteiger partial charge in [-0.15, -0.1) is 0 Å². The highest BCUT2D eigenvalue weighted by Crippen LogP contribution is 2.44. The van der Waals surface area contributed by atoms with Gasteiger partial charge in [-0.05, 0) is 47.0 Å². The van der Waals surface area contributed by atoms with Crippen LogP contribution in [0.2, 0.25) is 0 Å². The summed E-state index contributed by atoms with van der Waals surface area (Å²) in [5.74, 6) is -0.452. The number of nitrogens with one attached hydrogen (secondary N) is 1. The number of ether oxygens (including phenoxy) is 2. The number of aliphatic carboxylic acids is 1. The van der Waals surface area contributed by atoms with Crippen molar-refractivity contribution < 1.29 is 24.2 Å². The third kappa shape index (κ3) is 5.94. The largest absolute Gasteiger partial charge is 0.496 e. The molecule has 0 saturated carbocycles. The fraction of sp³-hybridized carbons (Fsp3) is 0.333. The minimum Gasteiger partial charge on any atom is -0.496 e. The fourth-order valence-electron chi connectivity index (χ4n) is 4.99. The van der Waals surface area contributed by atoms with Crippen LogP contribution in [-0.4, -0.2) is 54.9 Å². The SMILES string of the molecule is CCN(CC)Cc1cc(CC(NC(=O)OCC2c3ccccc3-c3ccccc32)C(=O)O)ccc1OC. The Bertz CT molecular complexity index is 1210. The topological polar surface area (TPSA) is 88.1 Å². The van der Waals surface area contributed by atoms with E-state index in [0.29, 0.717) is 6.54 Å². The average molecular weight is 503 g/mol. The van der Waals surface area contributed by atoms with Gasteiger partial charge in [0.15, 0.2) is 0 Å². The van der Waals surface area contributed by atoms with Crippen molar-refractivity contribution >= 4 is 12.1 Å². The average Bonchev–Trinajstić information content (AvgIpc) is 3.24. The third-order valence-corrected chi connectivity index (χ3v) is 7.01. The summed E-state index contributed by atoms with van der Waals surface area (Å²) in [4.78, 5) is 27.0. The monoisotopic (exact) mass is 502 g/mol. The van der Waals surface area contributed by atoms with Crippen LogP contribution in [0.1, 0.15) is 42.0 Å². The minimum absolute atomic E-state index is 0.0920. The van der Waals surface area contributed by atoms with Gasteiger partial charge in [-0.1, -0.05) is 74.5 Å². The molecule has 0 heterocycles. The Kier molecular flexibility index (Phi) is 8.46. The van der Waals surface area contributed by atoms with Crippen LogP contribution in [0, 0.1) is 0 Å². The minimum atomic E-state index is -1.12. The number of fused-ring (bicyclic) bond motifs is 3. The van der Waals surface area contributed by atoms with Crippen LogP contribution in [0.3, 0.4) is 0 Å². The lowest BCUT2D eigenvalue weighted by molar-refractivity contribution is -0.139. The smallest absolute Gasteiger partial charge is 0.407 e. The second kappa shape index (κ2) is 11.9. The van der Waals surface area contributed by atoms with Gasteiger partial charge in [-0.25, -0.2) is 9.59 Å². The lowest BCUT2D eigenvalue weighted by atomic mass is 9.98. The van der Waals surface area contributed by atoms with Crippen LogP contribution in [0.25, 0.3) is 11.1 Å². The molecule has 0 spiro atoms. The number of carbonyl (C=O) groups excluding carboxylic acids is 1. The van der Waals surface area contributed by atoms with Gasteiger partial charge < -0.3 is 19.9 Å². The molecule has 0 radical (unpaired) electrons. The lowest BCUT2D eigenvalue weighted by Crippen LogP contribution is -2.43. The van der Waals surface area contributed by atoms with Crippen molar-refractivity contribution in [3.63, 3.8) is 0 Å². The van der Waals surface area contributed by atoms with E-state index in [-0.39, 0.29) is 18.9 Å². The molecule has 1 unspecified atom stereocenters. The van der Waals surface area contributed by atoms with E-state index in [1.54, 1.807) is 7.11 Å². The van der Waals surface area contributed by atoms with Gasteiger partial charge in [-0.3, -0.25) is 4.90 Å². The molecular weight excluding hydrogens is 468 g/mol. The number of benzene rings is 3. The Morgan fingerprint density at radius 1 is 0.973 bits per heavy atom. The Morgan fingerprint density at radius 3 is 2.16 bits per heavy atom. The zero-order chi connectivity index (χ0) is 26.4. The Labute approximate surface area is 218 Å². The highest BCUT2D eigenvalue weighted by atomic mass is 16.5. The van der Waals surface area contributed by atoms with E-state index >= 15 is 0 Å². The second-order valence-electron chi connectivity index (χ2n) is 9.17. The molecule has 1 atom stereocenters. The number of amides is 1. The third-order valence-electron chi connectivity index (χ3n) is 7.01.